The molecule has 0 aliphatic heterocycles. The van der Waals surface area contributed by atoms with E-state index in [9.17, 15) is 14.4 Å². The monoisotopic (exact) mass is 461 g/mol. The van der Waals surface area contributed by atoms with Crippen LogP contribution in [-0.2, 0) is 17.9 Å². The lowest BCUT2D eigenvalue weighted by Crippen LogP contribution is -2.29. The van der Waals surface area contributed by atoms with Gasteiger partial charge in [0.25, 0.3) is 0 Å². The zero-order chi connectivity index (χ0) is 23.4. The van der Waals surface area contributed by atoms with Crippen LogP contribution in [-0.4, -0.2) is 28.4 Å². The largest absolute Gasteiger partial charge is 0.497 e. The molecule has 2 aromatic carbocycles. The molecular weight excluding hydrogens is 442 g/mol. The number of fused-ring (bicyclic) bond motifs is 1. The average Bonchev–Trinajstić information content (AvgIpc) is 2.85. The molecule has 4 rings (SSSR count). The zero-order valence-corrected chi connectivity index (χ0v) is 18.5. The van der Waals surface area contributed by atoms with Crippen molar-refractivity contribution in [1.29, 1.82) is 0 Å². The van der Waals surface area contributed by atoms with Crippen LogP contribution in [0.3, 0.4) is 0 Å². The van der Waals surface area contributed by atoms with Crippen LogP contribution >= 0.6 is 11.6 Å². The highest BCUT2D eigenvalue weighted by Gasteiger charge is 2.18. The molecule has 0 aliphatic carbocycles. The Balaban J connectivity index is 1.71. The second kappa shape index (κ2) is 9.67. The van der Waals surface area contributed by atoms with E-state index in [1.54, 1.807) is 41.0 Å². The lowest BCUT2D eigenvalue weighted by Gasteiger charge is -2.14. The second-order valence-electron chi connectivity index (χ2n) is 7.32. The van der Waals surface area contributed by atoms with Crippen LogP contribution in [0.15, 0.2) is 78.0 Å². The van der Waals surface area contributed by atoms with Gasteiger partial charge in [-0.3, -0.25) is 19.4 Å². The van der Waals surface area contributed by atoms with Gasteiger partial charge in [0.15, 0.2) is 5.78 Å². The number of hydrogen-bond donors (Lipinski definition) is 1. The molecule has 33 heavy (non-hydrogen) atoms. The summed E-state index contributed by atoms with van der Waals surface area (Å²) in [5, 5.41) is 3.70. The highest BCUT2D eigenvalue weighted by atomic mass is 35.5. The number of halogens is 1. The van der Waals surface area contributed by atoms with Crippen molar-refractivity contribution in [1.82, 2.24) is 14.9 Å². The number of carbonyl (C=O) groups excluding carboxylic acids is 2. The van der Waals surface area contributed by atoms with E-state index in [0.717, 1.165) is 5.56 Å². The Morgan fingerprint density at radius 1 is 1.09 bits per heavy atom. The number of nitrogens with one attached hydrogen (secondary N) is 1. The fourth-order valence-corrected chi connectivity index (χ4v) is 3.70. The number of ether oxygens (including phenoxy) is 1. The van der Waals surface area contributed by atoms with E-state index in [1.165, 1.54) is 25.7 Å². The Bertz CT molecular complexity index is 1400. The van der Waals surface area contributed by atoms with Crippen molar-refractivity contribution in [3.8, 4) is 5.75 Å². The van der Waals surface area contributed by atoms with Gasteiger partial charge in [0.1, 0.15) is 12.3 Å². The zero-order valence-electron chi connectivity index (χ0n) is 17.7. The number of carbonyl (C=O) groups is 2. The molecule has 7 nitrogen and oxygen atoms in total. The topological polar surface area (TPSA) is 90.3 Å². The number of rotatable bonds is 7. The summed E-state index contributed by atoms with van der Waals surface area (Å²) in [5.74, 6) is -0.212. The maximum atomic E-state index is 13.1. The molecule has 0 bridgehead atoms. The van der Waals surface area contributed by atoms with Gasteiger partial charge >= 0.3 is 0 Å². The molecule has 1 N–H and O–H groups in total. The summed E-state index contributed by atoms with van der Waals surface area (Å²) in [6.45, 7) is 0.147. The molecule has 2 aromatic heterocycles. The molecule has 8 heteroatoms. The van der Waals surface area contributed by atoms with Gasteiger partial charge in [0.05, 0.1) is 18.2 Å². The summed E-state index contributed by atoms with van der Waals surface area (Å²) >= 11 is 6.16. The Kier molecular flexibility index (Phi) is 6.51. The lowest BCUT2D eigenvalue weighted by molar-refractivity contribution is -0.121. The first-order valence-electron chi connectivity index (χ1n) is 10.1. The van der Waals surface area contributed by atoms with Gasteiger partial charge in [-0.15, -0.1) is 0 Å². The number of aromatic nitrogens is 2. The van der Waals surface area contributed by atoms with Crippen LogP contribution < -0.4 is 15.5 Å². The van der Waals surface area contributed by atoms with Gasteiger partial charge < -0.3 is 14.6 Å². The van der Waals surface area contributed by atoms with Gasteiger partial charge in [-0.2, -0.15) is 0 Å². The van der Waals surface area contributed by atoms with Crippen LogP contribution in [0.1, 0.15) is 21.5 Å². The van der Waals surface area contributed by atoms with Gasteiger partial charge in [-0.25, -0.2) is 0 Å². The maximum absolute atomic E-state index is 13.1. The molecule has 2 heterocycles. The first-order valence-corrected chi connectivity index (χ1v) is 10.5. The van der Waals surface area contributed by atoms with E-state index in [2.05, 4.69) is 10.3 Å². The van der Waals surface area contributed by atoms with E-state index in [-0.39, 0.29) is 24.6 Å². The summed E-state index contributed by atoms with van der Waals surface area (Å²) in [7, 11) is 1.52. The highest BCUT2D eigenvalue weighted by Crippen LogP contribution is 2.20. The minimum absolute atomic E-state index is 0.0298. The van der Waals surface area contributed by atoms with Gasteiger partial charge in [-0.1, -0.05) is 29.8 Å². The maximum Gasteiger partial charge on any atom is 0.240 e. The number of nitrogens with zero attached hydrogens (tertiary/aromatic N) is 2. The smallest absolute Gasteiger partial charge is 0.240 e. The Morgan fingerprint density at radius 3 is 2.58 bits per heavy atom. The summed E-state index contributed by atoms with van der Waals surface area (Å²) in [6.07, 6.45) is 4.39. The van der Waals surface area contributed by atoms with Crippen molar-refractivity contribution in [3.63, 3.8) is 0 Å². The van der Waals surface area contributed by atoms with E-state index < -0.39 is 11.2 Å². The van der Waals surface area contributed by atoms with Gasteiger partial charge in [0.2, 0.25) is 11.3 Å². The Labute approximate surface area is 194 Å². The molecule has 0 saturated carbocycles. The van der Waals surface area contributed by atoms with Crippen molar-refractivity contribution in [2.24, 2.45) is 0 Å². The Hall–Kier alpha value is -3.97. The third-order valence-corrected chi connectivity index (χ3v) is 5.59. The molecule has 1 amide bonds. The molecule has 0 radical (unpaired) electrons. The van der Waals surface area contributed by atoms with E-state index in [1.807, 2.05) is 18.2 Å². The number of amides is 1. The van der Waals surface area contributed by atoms with Crippen molar-refractivity contribution >= 4 is 34.2 Å². The standard InChI is InChI=1S/C25H20ClN3O4/c1-33-18-6-7-19-22(12-18)29(15-23(30)28-13-17-4-2-3-5-21(17)26)14-20(25(19)32)24(31)16-8-10-27-11-9-16/h2-12,14H,13,15H2,1H3,(H,28,30). The van der Waals surface area contributed by atoms with Crippen molar-refractivity contribution in [3.05, 3.63) is 105 Å². The molecule has 166 valence electrons. The number of methoxy groups -OCH3 is 1. The second-order valence-corrected chi connectivity index (χ2v) is 7.72. The quantitative estimate of drug-likeness (QED) is 0.425. The number of hydrogen-bond acceptors (Lipinski definition) is 5. The third-order valence-electron chi connectivity index (χ3n) is 5.22. The molecule has 0 atom stereocenters. The summed E-state index contributed by atoms with van der Waals surface area (Å²) < 4.78 is 6.86. The van der Waals surface area contributed by atoms with Crippen LogP contribution in [0.2, 0.25) is 5.02 Å². The van der Waals surface area contributed by atoms with Crippen LogP contribution in [0.25, 0.3) is 10.9 Å². The molecule has 0 fully saturated rings. The normalized spacial score (nSPS) is 10.7. The van der Waals surface area contributed by atoms with E-state index in [4.69, 9.17) is 16.3 Å². The molecular formula is C25H20ClN3O4. The highest BCUT2D eigenvalue weighted by molar-refractivity contribution is 6.31. The van der Waals surface area contributed by atoms with Crippen LogP contribution in [0.4, 0.5) is 0 Å². The number of ketones is 1. The molecule has 4 aromatic rings. The SMILES string of the molecule is COc1ccc2c(=O)c(C(=O)c3ccncc3)cn(CC(=O)NCc3ccccc3Cl)c2c1. The first kappa shape index (κ1) is 22.2. The van der Waals surface area contributed by atoms with E-state index in [0.29, 0.717) is 27.2 Å². The average molecular weight is 462 g/mol. The molecule has 0 unspecified atom stereocenters. The number of benzene rings is 2. The summed E-state index contributed by atoms with van der Waals surface area (Å²) in [4.78, 5) is 42.8. The predicted molar refractivity (Wildman–Crippen MR) is 126 cm³/mol. The van der Waals surface area contributed by atoms with Crippen molar-refractivity contribution in [2.75, 3.05) is 7.11 Å². The summed E-state index contributed by atoms with van der Waals surface area (Å²) in [6, 6.07) is 15.2. The summed E-state index contributed by atoms with van der Waals surface area (Å²) in [5.41, 5.74) is 1.16. The fourth-order valence-electron chi connectivity index (χ4n) is 3.49. The van der Waals surface area contributed by atoms with Gasteiger partial charge in [0, 0.05) is 47.2 Å². The molecule has 0 saturated heterocycles. The fraction of sp³-hybridized carbons (Fsp3) is 0.120. The minimum Gasteiger partial charge on any atom is -0.497 e. The van der Waals surface area contributed by atoms with Crippen molar-refractivity contribution in [2.45, 2.75) is 13.1 Å². The first-order chi connectivity index (χ1) is 16.0. The third kappa shape index (κ3) is 4.78. The Morgan fingerprint density at radius 2 is 1.85 bits per heavy atom. The number of pyridine rings is 2. The van der Waals surface area contributed by atoms with Gasteiger partial charge in [-0.05, 0) is 35.9 Å². The predicted octanol–water partition coefficient (Wildman–Crippen LogP) is 3.61. The molecule has 0 aliphatic rings. The lowest BCUT2D eigenvalue weighted by atomic mass is 10.0. The minimum atomic E-state index is -0.439. The molecule has 0 spiro atoms. The van der Waals surface area contributed by atoms with Crippen LogP contribution in [0, 0.1) is 0 Å². The van der Waals surface area contributed by atoms with Crippen LogP contribution in [0.5, 0.6) is 5.75 Å². The van der Waals surface area contributed by atoms with Crippen molar-refractivity contribution < 1.29 is 14.3 Å². The van der Waals surface area contributed by atoms with E-state index >= 15 is 0 Å².